The van der Waals surface area contributed by atoms with Crippen LogP contribution in [0, 0.1) is 0 Å². The molecule has 1 heterocycles. The maximum absolute atomic E-state index is 12.5. The van der Waals surface area contributed by atoms with Gasteiger partial charge in [-0.15, -0.1) is 10.2 Å². The normalized spacial score (nSPS) is 10.7. The molecule has 1 N–H and O–H groups in total. The van der Waals surface area contributed by atoms with Crippen LogP contribution >= 0.6 is 11.6 Å². The Morgan fingerprint density at radius 3 is 2.33 bits per heavy atom. The third kappa shape index (κ3) is 3.47. The van der Waals surface area contributed by atoms with E-state index in [9.17, 15) is 4.79 Å². The molecule has 1 amide bonds. The third-order valence-electron chi connectivity index (χ3n) is 4.06. The molecule has 0 saturated heterocycles. The highest BCUT2D eigenvalue weighted by Crippen LogP contribution is 2.27. The highest BCUT2D eigenvalue weighted by Gasteiger charge is 2.13. The largest absolute Gasteiger partial charge is 0.497 e. The molecule has 0 atom stereocenters. The van der Waals surface area contributed by atoms with Crippen LogP contribution in [-0.2, 0) is 0 Å². The van der Waals surface area contributed by atoms with Gasteiger partial charge in [-0.3, -0.25) is 4.79 Å². The first kappa shape index (κ1) is 17.1. The van der Waals surface area contributed by atoms with Crippen molar-refractivity contribution in [2.45, 2.75) is 0 Å². The van der Waals surface area contributed by atoms with Crippen molar-refractivity contribution in [1.29, 1.82) is 0 Å². The molecule has 0 radical (unpaired) electrons. The van der Waals surface area contributed by atoms with E-state index in [4.69, 9.17) is 16.3 Å². The molecule has 0 aliphatic carbocycles. The summed E-state index contributed by atoms with van der Waals surface area (Å²) in [6.45, 7) is 0. The van der Waals surface area contributed by atoms with E-state index in [2.05, 4.69) is 15.5 Å². The van der Waals surface area contributed by atoms with Crippen LogP contribution in [0.3, 0.4) is 0 Å². The second kappa shape index (κ2) is 7.09. The van der Waals surface area contributed by atoms with Crippen LogP contribution in [0.2, 0.25) is 5.02 Å². The number of aromatic nitrogens is 3. The van der Waals surface area contributed by atoms with Gasteiger partial charge in [0.1, 0.15) is 16.8 Å². The third-order valence-corrected chi connectivity index (χ3v) is 4.37. The molecule has 3 aromatic carbocycles. The molecule has 0 aliphatic rings. The predicted molar refractivity (Wildman–Crippen MR) is 105 cm³/mol. The number of nitrogens with one attached hydrogen (secondary N) is 1. The first-order valence-corrected chi connectivity index (χ1v) is 8.59. The van der Waals surface area contributed by atoms with E-state index in [-0.39, 0.29) is 5.91 Å². The van der Waals surface area contributed by atoms with E-state index >= 15 is 0 Å². The van der Waals surface area contributed by atoms with Crippen molar-refractivity contribution in [3.63, 3.8) is 0 Å². The molecule has 27 heavy (non-hydrogen) atoms. The van der Waals surface area contributed by atoms with Crippen molar-refractivity contribution in [2.75, 3.05) is 12.4 Å². The van der Waals surface area contributed by atoms with E-state index in [0.717, 1.165) is 5.69 Å². The Balaban J connectivity index is 1.63. The molecule has 0 fully saturated rings. The van der Waals surface area contributed by atoms with Crippen LogP contribution in [0.4, 0.5) is 5.69 Å². The molecular formula is C20H15ClN4O2. The minimum atomic E-state index is -0.269. The van der Waals surface area contributed by atoms with Gasteiger partial charge in [0.05, 0.1) is 23.5 Å². The van der Waals surface area contributed by atoms with E-state index in [0.29, 0.717) is 33.1 Å². The van der Waals surface area contributed by atoms with Gasteiger partial charge in [-0.05, 0) is 48.5 Å². The second-order valence-corrected chi connectivity index (χ2v) is 6.24. The molecule has 4 aromatic rings. The van der Waals surface area contributed by atoms with Gasteiger partial charge in [0.2, 0.25) is 0 Å². The SMILES string of the molecule is COc1ccc(C(=O)Nc2cc3nn(-c4ccccc4)nc3cc2Cl)cc1. The topological polar surface area (TPSA) is 69.0 Å². The van der Waals surface area contributed by atoms with Crippen LogP contribution in [0.5, 0.6) is 5.75 Å². The monoisotopic (exact) mass is 378 g/mol. The second-order valence-electron chi connectivity index (χ2n) is 5.83. The van der Waals surface area contributed by atoms with Gasteiger partial charge in [0.25, 0.3) is 5.91 Å². The number of ether oxygens (including phenoxy) is 1. The number of carbonyl (C=O) groups excluding carboxylic acids is 1. The first-order chi connectivity index (χ1) is 13.1. The zero-order valence-electron chi connectivity index (χ0n) is 14.4. The van der Waals surface area contributed by atoms with Gasteiger partial charge in [-0.25, -0.2) is 0 Å². The lowest BCUT2D eigenvalue weighted by molar-refractivity contribution is 0.102. The Hall–Kier alpha value is -3.38. The molecular weight excluding hydrogens is 364 g/mol. The number of hydrogen-bond acceptors (Lipinski definition) is 4. The van der Waals surface area contributed by atoms with Crippen molar-refractivity contribution >= 4 is 34.2 Å². The fourth-order valence-electron chi connectivity index (χ4n) is 2.65. The van der Waals surface area contributed by atoms with Gasteiger partial charge in [0.15, 0.2) is 0 Å². The maximum Gasteiger partial charge on any atom is 0.255 e. The minimum Gasteiger partial charge on any atom is -0.497 e. The van der Waals surface area contributed by atoms with E-state index in [1.807, 2.05) is 30.3 Å². The molecule has 1 aromatic heterocycles. The van der Waals surface area contributed by atoms with Crippen LogP contribution in [0.15, 0.2) is 66.7 Å². The number of methoxy groups -OCH3 is 1. The minimum absolute atomic E-state index is 0.269. The Kier molecular flexibility index (Phi) is 4.48. The summed E-state index contributed by atoms with van der Waals surface area (Å²) >= 11 is 6.33. The lowest BCUT2D eigenvalue weighted by Crippen LogP contribution is -2.12. The summed E-state index contributed by atoms with van der Waals surface area (Å²) in [4.78, 5) is 14.0. The zero-order valence-corrected chi connectivity index (χ0v) is 15.1. The molecule has 0 saturated carbocycles. The van der Waals surface area contributed by atoms with E-state index in [1.54, 1.807) is 43.5 Å². The van der Waals surface area contributed by atoms with E-state index in [1.165, 1.54) is 4.80 Å². The van der Waals surface area contributed by atoms with Gasteiger partial charge >= 0.3 is 0 Å². The zero-order chi connectivity index (χ0) is 18.8. The summed E-state index contributed by atoms with van der Waals surface area (Å²) in [5.74, 6) is 0.415. The standard InChI is InChI=1S/C20H15ClN4O2/c1-27-15-9-7-13(8-10-15)20(26)22-17-12-19-18(11-16(17)21)23-25(24-19)14-5-3-2-4-6-14/h2-12H,1H3,(H,22,26). The van der Waals surface area contributed by atoms with E-state index < -0.39 is 0 Å². The summed E-state index contributed by atoms with van der Waals surface area (Å²) < 4.78 is 5.10. The van der Waals surface area contributed by atoms with Crippen LogP contribution < -0.4 is 10.1 Å². The summed E-state index contributed by atoms with van der Waals surface area (Å²) in [5.41, 5.74) is 3.10. The number of nitrogens with zero attached hydrogens (tertiary/aromatic N) is 3. The number of rotatable bonds is 4. The summed E-state index contributed by atoms with van der Waals surface area (Å²) in [6.07, 6.45) is 0. The van der Waals surface area contributed by atoms with Crippen molar-refractivity contribution in [2.24, 2.45) is 0 Å². The van der Waals surface area contributed by atoms with Crippen molar-refractivity contribution in [3.05, 3.63) is 77.3 Å². The number of fused-ring (bicyclic) bond motifs is 1. The molecule has 134 valence electrons. The van der Waals surface area contributed by atoms with Crippen molar-refractivity contribution in [1.82, 2.24) is 15.0 Å². The van der Waals surface area contributed by atoms with Crippen molar-refractivity contribution in [3.8, 4) is 11.4 Å². The number of halogens is 1. The summed E-state index contributed by atoms with van der Waals surface area (Å²) in [6, 6.07) is 19.8. The number of hydrogen-bond donors (Lipinski definition) is 1. The molecule has 4 rings (SSSR count). The fraction of sp³-hybridized carbons (Fsp3) is 0.0500. The number of para-hydroxylation sites is 1. The fourth-order valence-corrected chi connectivity index (χ4v) is 2.85. The Labute approximate surface area is 160 Å². The Bertz CT molecular complexity index is 1110. The first-order valence-electron chi connectivity index (χ1n) is 8.21. The van der Waals surface area contributed by atoms with Crippen molar-refractivity contribution < 1.29 is 9.53 Å². The number of amides is 1. The predicted octanol–water partition coefficient (Wildman–Crippen LogP) is 4.33. The van der Waals surface area contributed by atoms with Gasteiger partial charge in [0, 0.05) is 5.56 Å². The average Bonchev–Trinajstić information content (AvgIpc) is 3.11. The van der Waals surface area contributed by atoms with Crippen LogP contribution in [0.25, 0.3) is 16.7 Å². The highest BCUT2D eigenvalue weighted by atomic mass is 35.5. The molecule has 0 bridgehead atoms. The lowest BCUT2D eigenvalue weighted by atomic mass is 10.2. The molecule has 6 nitrogen and oxygen atoms in total. The molecule has 0 unspecified atom stereocenters. The van der Waals surface area contributed by atoms with Gasteiger partial charge in [-0.2, -0.15) is 4.80 Å². The van der Waals surface area contributed by atoms with Crippen LogP contribution in [0.1, 0.15) is 10.4 Å². The van der Waals surface area contributed by atoms with Gasteiger partial charge in [-0.1, -0.05) is 29.8 Å². The molecule has 7 heteroatoms. The quantitative estimate of drug-likeness (QED) is 0.573. The summed E-state index contributed by atoms with van der Waals surface area (Å²) in [7, 11) is 1.58. The Morgan fingerprint density at radius 2 is 1.67 bits per heavy atom. The highest BCUT2D eigenvalue weighted by molar-refractivity contribution is 6.34. The number of carbonyl (C=O) groups is 1. The van der Waals surface area contributed by atoms with Crippen LogP contribution in [-0.4, -0.2) is 28.0 Å². The molecule has 0 aliphatic heterocycles. The Morgan fingerprint density at radius 1 is 1.00 bits per heavy atom. The maximum atomic E-state index is 12.5. The lowest BCUT2D eigenvalue weighted by Gasteiger charge is -2.07. The van der Waals surface area contributed by atoms with Gasteiger partial charge < -0.3 is 10.1 Å². The smallest absolute Gasteiger partial charge is 0.255 e. The average molecular weight is 379 g/mol. The molecule has 0 spiro atoms. The summed E-state index contributed by atoms with van der Waals surface area (Å²) in [5, 5.41) is 12.1. The number of benzene rings is 3. The number of anilines is 1.